The molecule has 1 heterocycles. The molecule has 1 aliphatic heterocycles. The number of rotatable bonds is 7. The smallest absolute Gasteiger partial charge is 0.339 e. The fourth-order valence-corrected chi connectivity index (χ4v) is 5.77. The number of anilines is 1. The maximum atomic E-state index is 11.9. The molecule has 0 aliphatic carbocycles. The van der Waals surface area contributed by atoms with Gasteiger partial charge in [0.2, 0.25) is 0 Å². The van der Waals surface area contributed by atoms with Crippen LogP contribution < -0.4 is 5.32 Å². The van der Waals surface area contributed by atoms with Gasteiger partial charge in [-0.3, -0.25) is 9.59 Å². The number of amides is 1. The van der Waals surface area contributed by atoms with Gasteiger partial charge >= 0.3 is 11.9 Å². The Balaban J connectivity index is 1.77. The maximum absolute atomic E-state index is 11.9. The van der Waals surface area contributed by atoms with Crippen molar-refractivity contribution in [2.75, 3.05) is 36.3 Å². The second-order valence-electron chi connectivity index (χ2n) is 5.58. The zero-order valence-electron chi connectivity index (χ0n) is 14.1. The number of esters is 2. The molecule has 0 bridgehead atoms. The topological polar surface area (TPSA) is 116 Å². The molecule has 1 aromatic carbocycles. The van der Waals surface area contributed by atoms with Gasteiger partial charge in [0.1, 0.15) is 0 Å². The Morgan fingerprint density at radius 2 is 2.00 bits per heavy atom. The van der Waals surface area contributed by atoms with Crippen LogP contribution in [0.25, 0.3) is 0 Å². The molecule has 0 saturated carbocycles. The standard InChI is InChI=1S/C16H19NO7S2/c1-23-16(20)12-4-2-3-5-13(12)17-14(18)8-24-15(19)9-25-11-6-7-26(21,22)10-11/h2-5,11H,6-10H2,1H3,(H,17,18)/t11-/m1/s1. The van der Waals surface area contributed by atoms with E-state index >= 15 is 0 Å². The minimum absolute atomic E-state index is 0.0216. The van der Waals surface area contributed by atoms with Crippen LogP contribution in [0.3, 0.4) is 0 Å². The molecule has 142 valence electrons. The van der Waals surface area contributed by atoms with Crippen molar-refractivity contribution >= 4 is 45.1 Å². The maximum Gasteiger partial charge on any atom is 0.339 e. The highest BCUT2D eigenvalue weighted by Gasteiger charge is 2.28. The Morgan fingerprint density at radius 3 is 2.65 bits per heavy atom. The van der Waals surface area contributed by atoms with E-state index in [0.717, 1.165) is 0 Å². The molecular formula is C16H19NO7S2. The van der Waals surface area contributed by atoms with E-state index in [-0.39, 0.29) is 33.8 Å². The average Bonchev–Trinajstić information content (AvgIpc) is 2.97. The fraction of sp³-hybridized carbons (Fsp3) is 0.438. The van der Waals surface area contributed by atoms with Crippen LogP contribution in [0.15, 0.2) is 24.3 Å². The van der Waals surface area contributed by atoms with E-state index in [0.29, 0.717) is 6.42 Å². The van der Waals surface area contributed by atoms with E-state index in [4.69, 9.17) is 4.74 Å². The lowest BCUT2D eigenvalue weighted by Crippen LogP contribution is -2.23. The summed E-state index contributed by atoms with van der Waals surface area (Å²) in [7, 11) is -1.76. The number of nitrogens with one attached hydrogen (secondary N) is 1. The van der Waals surface area contributed by atoms with E-state index in [1.807, 2.05) is 0 Å². The molecule has 1 N–H and O–H groups in total. The molecule has 0 unspecified atom stereocenters. The summed E-state index contributed by atoms with van der Waals surface area (Å²) in [5, 5.41) is 2.37. The first kappa shape index (κ1) is 20.2. The van der Waals surface area contributed by atoms with Gasteiger partial charge in [0, 0.05) is 5.25 Å². The fourth-order valence-electron chi connectivity index (χ4n) is 2.33. The Morgan fingerprint density at radius 1 is 1.27 bits per heavy atom. The molecule has 0 radical (unpaired) electrons. The van der Waals surface area contributed by atoms with E-state index < -0.39 is 34.3 Å². The third kappa shape index (κ3) is 6.03. The average molecular weight is 401 g/mol. The highest BCUT2D eigenvalue weighted by Crippen LogP contribution is 2.24. The molecule has 1 aliphatic rings. The van der Waals surface area contributed by atoms with Gasteiger partial charge in [0.15, 0.2) is 16.4 Å². The molecule has 10 heteroatoms. The van der Waals surface area contributed by atoms with Gasteiger partial charge in [0.05, 0.1) is 35.6 Å². The molecule has 0 aromatic heterocycles. The van der Waals surface area contributed by atoms with E-state index in [9.17, 15) is 22.8 Å². The number of benzene rings is 1. The summed E-state index contributed by atoms with van der Waals surface area (Å²) in [6.45, 7) is -0.502. The van der Waals surface area contributed by atoms with Crippen LogP contribution >= 0.6 is 11.8 Å². The zero-order valence-corrected chi connectivity index (χ0v) is 15.7. The van der Waals surface area contributed by atoms with Crippen molar-refractivity contribution < 1.29 is 32.3 Å². The molecule has 2 rings (SSSR count). The van der Waals surface area contributed by atoms with Crippen LogP contribution in [0.4, 0.5) is 5.69 Å². The molecular weight excluding hydrogens is 382 g/mol. The first-order valence-corrected chi connectivity index (χ1v) is 10.6. The minimum atomic E-state index is -2.99. The number of carbonyl (C=O) groups is 3. The minimum Gasteiger partial charge on any atom is -0.465 e. The second-order valence-corrected chi connectivity index (χ2v) is 9.10. The molecule has 8 nitrogen and oxygen atoms in total. The predicted octanol–water partition coefficient (Wildman–Crippen LogP) is 0.875. The van der Waals surface area contributed by atoms with Crippen LogP contribution in [0.5, 0.6) is 0 Å². The van der Waals surface area contributed by atoms with Crippen molar-refractivity contribution in [2.24, 2.45) is 0 Å². The number of hydrogen-bond donors (Lipinski definition) is 1. The predicted molar refractivity (Wildman–Crippen MR) is 96.9 cm³/mol. The SMILES string of the molecule is COC(=O)c1ccccc1NC(=O)COC(=O)CS[C@@H]1CCS(=O)(=O)C1. The molecule has 1 amide bonds. The monoisotopic (exact) mass is 401 g/mol. The summed E-state index contributed by atoms with van der Waals surface area (Å²) in [5.41, 5.74) is 0.443. The third-order valence-electron chi connectivity index (χ3n) is 3.60. The Hall–Kier alpha value is -2.07. The summed E-state index contributed by atoms with van der Waals surface area (Å²) in [5.74, 6) is -1.61. The van der Waals surface area contributed by atoms with E-state index in [1.54, 1.807) is 12.1 Å². The summed E-state index contributed by atoms with van der Waals surface area (Å²) in [6, 6.07) is 6.30. The van der Waals surface area contributed by atoms with Gasteiger partial charge in [-0.15, -0.1) is 11.8 Å². The number of thioether (sulfide) groups is 1. The third-order valence-corrected chi connectivity index (χ3v) is 6.85. The van der Waals surface area contributed by atoms with Crippen molar-refractivity contribution in [1.29, 1.82) is 0 Å². The van der Waals surface area contributed by atoms with Gasteiger partial charge in [-0.05, 0) is 18.6 Å². The van der Waals surface area contributed by atoms with Crippen molar-refractivity contribution in [2.45, 2.75) is 11.7 Å². The second kappa shape index (κ2) is 9.04. The quantitative estimate of drug-likeness (QED) is 0.669. The highest BCUT2D eigenvalue weighted by molar-refractivity contribution is 8.02. The van der Waals surface area contributed by atoms with Crippen molar-refractivity contribution in [3.05, 3.63) is 29.8 Å². The number of ether oxygens (including phenoxy) is 2. The van der Waals surface area contributed by atoms with Gasteiger partial charge in [0.25, 0.3) is 5.91 Å². The Kier molecular flexibility index (Phi) is 7.04. The van der Waals surface area contributed by atoms with Crippen molar-refractivity contribution in [3.63, 3.8) is 0 Å². The highest BCUT2D eigenvalue weighted by atomic mass is 32.2. The molecule has 1 fully saturated rings. The van der Waals surface area contributed by atoms with Gasteiger partial charge in [-0.2, -0.15) is 0 Å². The summed E-state index contributed by atoms with van der Waals surface area (Å²) in [4.78, 5) is 35.2. The van der Waals surface area contributed by atoms with Gasteiger partial charge < -0.3 is 14.8 Å². The lowest BCUT2D eigenvalue weighted by Gasteiger charge is -2.10. The van der Waals surface area contributed by atoms with Crippen LogP contribution in [0.1, 0.15) is 16.8 Å². The summed E-state index contributed by atoms with van der Waals surface area (Å²) < 4.78 is 32.2. The van der Waals surface area contributed by atoms with Crippen LogP contribution in [-0.2, 0) is 28.9 Å². The first-order valence-electron chi connectivity index (χ1n) is 7.75. The number of methoxy groups -OCH3 is 1. The molecule has 1 saturated heterocycles. The first-order chi connectivity index (χ1) is 12.3. The van der Waals surface area contributed by atoms with E-state index in [2.05, 4.69) is 10.1 Å². The lowest BCUT2D eigenvalue weighted by molar-refractivity contribution is -0.144. The largest absolute Gasteiger partial charge is 0.465 e. The zero-order chi connectivity index (χ0) is 19.2. The molecule has 26 heavy (non-hydrogen) atoms. The summed E-state index contributed by atoms with van der Waals surface area (Å²) in [6.07, 6.45) is 0.519. The Bertz CT molecular complexity index is 792. The van der Waals surface area contributed by atoms with Crippen LogP contribution in [-0.4, -0.2) is 62.5 Å². The molecule has 1 aromatic rings. The molecule has 1 atom stereocenters. The van der Waals surface area contributed by atoms with Gasteiger partial charge in [-0.25, -0.2) is 13.2 Å². The van der Waals surface area contributed by atoms with Crippen LogP contribution in [0.2, 0.25) is 0 Å². The normalized spacial score (nSPS) is 18.1. The van der Waals surface area contributed by atoms with E-state index in [1.165, 1.54) is 31.0 Å². The lowest BCUT2D eigenvalue weighted by atomic mass is 10.2. The number of carbonyl (C=O) groups excluding carboxylic acids is 3. The number of hydrogen-bond acceptors (Lipinski definition) is 8. The molecule has 0 spiro atoms. The number of para-hydroxylation sites is 1. The number of sulfone groups is 1. The summed E-state index contributed by atoms with van der Waals surface area (Å²) >= 11 is 1.21. The van der Waals surface area contributed by atoms with Crippen molar-refractivity contribution in [3.8, 4) is 0 Å². The van der Waals surface area contributed by atoms with Crippen molar-refractivity contribution in [1.82, 2.24) is 0 Å². The van der Waals surface area contributed by atoms with Gasteiger partial charge in [-0.1, -0.05) is 12.1 Å². The van der Waals surface area contributed by atoms with Crippen LogP contribution in [0, 0.1) is 0 Å². The Labute approximate surface area is 155 Å².